The third-order valence-corrected chi connectivity index (χ3v) is 7.40. The summed E-state index contributed by atoms with van der Waals surface area (Å²) in [4.78, 5) is 0. The van der Waals surface area contributed by atoms with Crippen molar-refractivity contribution in [2.24, 2.45) is 11.8 Å². The minimum Gasteiger partial charge on any atom is -0.134 e. The van der Waals surface area contributed by atoms with Crippen LogP contribution in [0.15, 0.2) is 67.0 Å². The topological polar surface area (TPSA) is 7.76 Å². The molecule has 2 aliphatic carbocycles. The molecule has 4 aliphatic rings. The Kier molecular flexibility index (Phi) is 2.06. The smallest absolute Gasteiger partial charge is 0.134 e. The van der Waals surface area contributed by atoms with Crippen molar-refractivity contribution in [3.8, 4) is 11.3 Å². The Labute approximate surface area is 147 Å². The van der Waals surface area contributed by atoms with Gasteiger partial charge in [-0.25, -0.2) is 0 Å². The maximum Gasteiger partial charge on any atom is 0.393 e. The summed E-state index contributed by atoms with van der Waals surface area (Å²) in [5, 5.41) is 0. The number of hydrogen-bond acceptors (Lipinski definition) is 0. The van der Waals surface area contributed by atoms with E-state index in [9.17, 15) is 0 Å². The summed E-state index contributed by atoms with van der Waals surface area (Å²) in [6.07, 6.45) is 8.64. The van der Waals surface area contributed by atoms with Crippen LogP contribution in [-0.2, 0) is 12.1 Å². The Morgan fingerprint density at radius 1 is 0.840 bits per heavy atom. The summed E-state index contributed by atoms with van der Waals surface area (Å²) >= 11 is 0. The van der Waals surface area contributed by atoms with Gasteiger partial charge in [0.25, 0.3) is 0 Å². The van der Waals surface area contributed by atoms with Crippen LogP contribution in [0.25, 0.3) is 11.3 Å². The van der Waals surface area contributed by atoms with E-state index in [-0.39, 0.29) is 5.66 Å². The number of nitrogens with zero attached hydrogens (tertiary/aromatic N) is 2. The van der Waals surface area contributed by atoms with Gasteiger partial charge in [0.15, 0.2) is 18.1 Å². The van der Waals surface area contributed by atoms with Crippen LogP contribution in [0.5, 0.6) is 0 Å². The predicted molar refractivity (Wildman–Crippen MR) is 93.8 cm³/mol. The van der Waals surface area contributed by atoms with Crippen LogP contribution < -0.4 is 9.13 Å². The minimum atomic E-state index is -0.0385. The maximum absolute atomic E-state index is 2.63. The molecule has 3 aromatic rings. The highest BCUT2D eigenvalue weighted by Gasteiger charge is 2.76. The van der Waals surface area contributed by atoms with Gasteiger partial charge in [0.05, 0.1) is 11.5 Å². The molecule has 120 valence electrons. The van der Waals surface area contributed by atoms with E-state index < -0.39 is 0 Å². The molecular weight excluding hydrogens is 304 g/mol. The summed E-state index contributed by atoms with van der Waals surface area (Å²) in [5.74, 6) is 2.19. The Morgan fingerprint density at radius 3 is 2.68 bits per heavy atom. The number of benzene rings is 1. The zero-order valence-corrected chi connectivity index (χ0v) is 14.1. The van der Waals surface area contributed by atoms with Gasteiger partial charge in [0, 0.05) is 24.3 Å². The fourth-order valence-corrected chi connectivity index (χ4v) is 6.83. The van der Waals surface area contributed by atoms with Crippen molar-refractivity contribution in [1.82, 2.24) is 0 Å². The molecule has 1 fully saturated rings. The first-order chi connectivity index (χ1) is 12.4. The summed E-state index contributed by atoms with van der Waals surface area (Å²) in [5.41, 5.74) is 7.50. The SMILES string of the molecule is c1cc2c3c(c1)-c1cccc[n+]1C31C3C(CCC3c3cccc[n+]31)C2. The van der Waals surface area contributed by atoms with Gasteiger partial charge >= 0.3 is 5.66 Å². The molecule has 0 radical (unpaired) electrons. The average molecular weight is 324 g/mol. The molecule has 0 amide bonds. The van der Waals surface area contributed by atoms with Gasteiger partial charge in [-0.1, -0.05) is 18.2 Å². The summed E-state index contributed by atoms with van der Waals surface area (Å²) in [7, 11) is 0. The molecule has 0 N–H and O–H groups in total. The van der Waals surface area contributed by atoms with Crippen LogP contribution in [0.2, 0.25) is 0 Å². The van der Waals surface area contributed by atoms with E-state index in [1.54, 1.807) is 16.8 Å². The standard InChI is InChI=1S/C23H20N2/c1-3-12-24-19(8-1)17-7-5-6-15-14-16-10-11-18-20-9-2-4-13-25(20)23(24,21(15)17)22(16)18/h1-9,12-13,16,18,22H,10-11,14H2/q+2. The van der Waals surface area contributed by atoms with E-state index in [0.29, 0.717) is 11.8 Å². The lowest BCUT2D eigenvalue weighted by molar-refractivity contribution is -0.976. The molecule has 2 aliphatic heterocycles. The molecule has 1 aromatic carbocycles. The maximum atomic E-state index is 2.63. The molecule has 1 saturated carbocycles. The second kappa shape index (κ2) is 4.01. The number of fused-ring (bicyclic) bond motifs is 4. The Balaban J connectivity index is 1.73. The Hall–Kier alpha value is -2.48. The molecule has 4 unspecified atom stereocenters. The average Bonchev–Trinajstić information content (AvgIpc) is 3.31. The number of hydrogen-bond donors (Lipinski definition) is 0. The van der Waals surface area contributed by atoms with Crippen LogP contribution >= 0.6 is 0 Å². The van der Waals surface area contributed by atoms with Crippen LogP contribution in [-0.4, -0.2) is 0 Å². The number of aromatic nitrogens is 2. The van der Waals surface area contributed by atoms with E-state index in [2.05, 4.69) is 76.1 Å². The highest BCUT2D eigenvalue weighted by atomic mass is 15.3. The van der Waals surface area contributed by atoms with Crippen molar-refractivity contribution in [3.05, 3.63) is 83.8 Å². The lowest BCUT2D eigenvalue weighted by Crippen LogP contribution is -2.75. The van der Waals surface area contributed by atoms with Gasteiger partial charge in [-0.15, -0.1) is 9.13 Å². The Bertz CT molecular complexity index is 1070. The Morgan fingerprint density at radius 2 is 1.72 bits per heavy atom. The van der Waals surface area contributed by atoms with Gasteiger partial charge in [-0.05, 0) is 42.9 Å². The van der Waals surface area contributed by atoms with Gasteiger partial charge in [-0.2, -0.15) is 0 Å². The minimum absolute atomic E-state index is 0.0385. The van der Waals surface area contributed by atoms with Crippen molar-refractivity contribution >= 4 is 0 Å². The fraction of sp³-hybridized carbons (Fsp3) is 0.304. The summed E-state index contributed by atoms with van der Waals surface area (Å²) in [6, 6.07) is 20.5. The summed E-state index contributed by atoms with van der Waals surface area (Å²) < 4.78 is 5.24. The normalized spacial score (nSPS) is 32.1. The van der Waals surface area contributed by atoms with Crippen LogP contribution in [0.3, 0.4) is 0 Å². The molecule has 2 nitrogen and oxygen atoms in total. The third-order valence-electron chi connectivity index (χ3n) is 7.40. The van der Waals surface area contributed by atoms with Crippen molar-refractivity contribution in [1.29, 1.82) is 0 Å². The highest BCUT2D eigenvalue weighted by Crippen LogP contribution is 2.61. The zero-order chi connectivity index (χ0) is 16.2. The quantitative estimate of drug-likeness (QED) is 0.561. The predicted octanol–water partition coefficient (Wildman–Crippen LogP) is 3.17. The van der Waals surface area contributed by atoms with E-state index in [1.807, 2.05) is 0 Å². The fourth-order valence-electron chi connectivity index (χ4n) is 6.83. The second-order valence-corrected chi connectivity index (χ2v) is 8.19. The molecule has 2 heteroatoms. The van der Waals surface area contributed by atoms with Crippen molar-refractivity contribution in [3.63, 3.8) is 0 Å². The van der Waals surface area contributed by atoms with E-state index >= 15 is 0 Å². The van der Waals surface area contributed by atoms with Gasteiger partial charge < -0.3 is 0 Å². The zero-order valence-electron chi connectivity index (χ0n) is 14.1. The first-order valence-electron chi connectivity index (χ1n) is 9.55. The van der Waals surface area contributed by atoms with Crippen LogP contribution in [0.4, 0.5) is 0 Å². The lowest BCUT2D eigenvalue weighted by atomic mass is 9.69. The van der Waals surface area contributed by atoms with Crippen LogP contribution in [0.1, 0.15) is 35.6 Å². The molecule has 0 saturated heterocycles. The second-order valence-electron chi connectivity index (χ2n) is 8.19. The molecule has 0 bridgehead atoms. The molecule has 2 aromatic heterocycles. The van der Waals surface area contributed by atoms with Crippen molar-refractivity contribution in [2.75, 3.05) is 0 Å². The van der Waals surface area contributed by atoms with E-state index in [1.165, 1.54) is 30.5 Å². The lowest BCUT2D eigenvalue weighted by Gasteiger charge is -2.32. The largest absolute Gasteiger partial charge is 0.393 e. The molecule has 4 heterocycles. The van der Waals surface area contributed by atoms with Crippen LogP contribution in [0, 0.1) is 11.8 Å². The first-order valence-corrected chi connectivity index (χ1v) is 9.55. The summed E-state index contributed by atoms with van der Waals surface area (Å²) in [6.45, 7) is 0. The number of pyridine rings is 2. The molecule has 25 heavy (non-hydrogen) atoms. The first kappa shape index (κ1) is 12.8. The molecular formula is C23H20N2+2. The van der Waals surface area contributed by atoms with Crippen molar-refractivity contribution in [2.45, 2.75) is 30.8 Å². The third kappa shape index (κ3) is 1.20. The van der Waals surface area contributed by atoms with E-state index in [4.69, 9.17) is 0 Å². The molecule has 4 atom stereocenters. The number of rotatable bonds is 0. The monoisotopic (exact) mass is 324 g/mol. The van der Waals surface area contributed by atoms with Gasteiger partial charge in [0.2, 0.25) is 5.69 Å². The van der Waals surface area contributed by atoms with E-state index in [0.717, 1.165) is 5.92 Å². The van der Waals surface area contributed by atoms with Crippen molar-refractivity contribution < 1.29 is 9.13 Å². The van der Waals surface area contributed by atoms with Gasteiger partial charge in [-0.3, -0.25) is 0 Å². The molecule has 1 spiro atoms. The molecule has 7 rings (SSSR count). The van der Waals surface area contributed by atoms with Gasteiger partial charge in [0.1, 0.15) is 11.5 Å². The highest BCUT2D eigenvalue weighted by molar-refractivity contribution is 5.68.